The molecule has 114 valence electrons. The number of piperidine rings is 1. The highest BCUT2D eigenvalue weighted by molar-refractivity contribution is 5.62. The zero-order valence-corrected chi connectivity index (χ0v) is 12.7. The fourth-order valence-corrected chi connectivity index (χ4v) is 4.03. The van der Waals surface area contributed by atoms with Crippen molar-refractivity contribution in [1.82, 2.24) is 5.32 Å². The highest BCUT2D eigenvalue weighted by atomic mass is 16.6. The van der Waals surface area contributed by atoms with E-state index in [0.717, 1.165) is 30.6 Å². The van der Waals surface area contributed by atoms with Gasteiger partial charge in [-0.05, 0) is 45.6 Å². The smallest absolute Gasteiger partial charge is 0.274 e. The van der Waals surface area contributed by atoms with E-state index < -0.39 is 0 Å². The standard InChI is InChI=1S/C16H23N3O2/c1-3-18(14-9-12-7-8-13(10-14)17-12)15-5-4-6-16(11(15)2)19(20)21/h4-6,12-14,17H,3,7-10H2,1-2H3. The Balaban J connectivity index is 1.90. The molecule has 2 unspecified atom stereocenters. The first-order valence-corrected chi connectivity index (χ1v) is 7.86. The Morgan fingerprint density at radius 3 is 2.57 bits per heavy atom. The van der Waals surface area contributed by atoms with Gasteiger partial charge in [0.25, 0.3) is 5.69 Å². The Kier molecular flexibility index (Phi) is 3.85. The van der Waals surface area contributed by atoms with E-state index in [4.69, 9.17) is 0 Å². The molecule has 2 aliphatic rings. The molecule has 0 amide bonds. The summed E-state index contributed by atoms with van der Waals surface area (Å²) in [4.78, 5) is 13.2. The lowest BCUT2D eigenvalue weighted by Gasteiger charge is -2.39. The molecule has 5 nitrogen and oxygen atoms in total. The maximum absolute atomic E-state index is 11.2. The molecule has 21 heavy (non-hydrogen) atoms. The summed E-state index contributed by atoms with van der Waals surface area (Å²) in [5.41, 5.74) is 2.04. The molecule has 0 aromatic heterocycles. The van der Waals surface area contributed by atoms with Crippen LogP contribution in [-0.2, 0) is 0 Å². The predicted octanol–water partition coefficient (Wildman–Crippen LogP) is 3.01. The summed E-state index contributed by atoms with van der Waals surface area (Å²) in [7, 11) is 0. The number of benzene rings is 1. The number of nitrogens with zero attached hydrogens (tertiary/aromatic N) is 2. The van der Waals surface area contributed by atoms with Crippen LogP contribution in [0.5, 0.6) is 0 Å². The summed E-state index contributed by atoms with van der Waals surface area (Å²) < 4.78 is 0. The molecular weight excluding hydrogens is 266 g/mol. The van der Waals surface area contributed by atoms with Crippen LogP contribution in [0, 0.1) is 17.0 Å². The van der Waals surface area contributed by atoms with E-state index in [1.807, 2.05) is 13.0 Å². The van der Waals surface area contributed by atoms with Gasteiger partial charge in [-0.1, -0.05) is 6.07 Å². The van der Waals surface area contributed by atoms with E-state index in [2.05, 4.69) is 17.1 Å². The van der Waals surface area contributed by atoms with Crippen LogP contribution in [0.4, 0.5) is 11.4 Å². The number of rotatable bonds is 4. The second-order valence-electron chi connectivity index (χ2n) is 6.23. The van der Waals surface area contributed by atoms with Gasteiger partial charge < -0.3 is 10.2 Å². The van der Waals surface area contributed by atoms with Gasteiger partial charge in [0, 0.05) is 36.4 Å². The third-order valence-corrected chi connectivity index (χ3v) is 5.01. The third-order valence-electron chi connectivity index (χ3n) is 5.01. The molecule has 0 spiro atoms. The third kappa shape index (κ3) is 2.62. The van der Waals surface area contributed by atoms with Crippen molar-refractivity contribution >= 4 is 11.4 Å². The molecule has 1 N–H and O–H groups in total. The summed E-state index contributed by atoms with van der Waals surface area (Å²) >= 11 is 0. The summed E-state index contributed by atoms with van der Waals surface area (Å²) in [5.74, 6) is 0. The fourth-order valence-electron chi connectivity index (χ4n) is 4.03. The average molecular weight is 289 g/mol. The number of nitrogens with one attached hydrogen (secondary N) is 1. The molecule has 2 saturated heterocycles. The SMILES string of the molecule is CCN(c1cccc([N+](=O)[O-])c1C)C1CC2CCC(C1)N2. The van der Waals surface area contributed by atoms with Crippen LogP contribution in [0.15, 0.2) is 18.2 Å². The topological polar surface area (TPSA) is 58.4 Å². The number of fused-ring (bicyclic) bond motifs is 2. The molecular formula is C16H23N3O2. The van der Waals surface area contributed by atoms with E-state index in [1.165, 1.54) is 12.8 Å². The first-order valence-electron chi connectivity index (χ1n) is 7.86. The summed E-state index contributed by atoms with van der Waals surface area (Å²) in [6.45, 7) is 4.90. The van der Waals surface area contributed by atoms with Gasteiger partial charge in [-0.15, -0.1) is 0 Å². The second kappa shape index (κ2) is 5.64. The molecule has 2 heterocycles. The number of hydrogen-bond acceptors (Lipinski definition) is 4. The van der Waals surface area contributed by atoms with Gasteiger partial charge >= 0.3 is 0 Å². The molecule has 5 heteroatoms. The fraction of sp³-hybridized carbons (Fsp3) is 0.625. The molecule has 3 rings (SSSR count). The quantitative estimate of drug-likeness (QED) is 0.684. The van der Waals surface area contributed by atoms with Gasteiger partial charge in [-0.2, -0.15) is 0 Å². The molecule has 2 aliphatic heterocycles. The highest BCUT2D eigenvalue weighted by Gasteiger charge is 2.36. The molecule has 0 radical (unpaired) electrons. The van der Waals surface area contributed by atoms with Crippen molar-refractivity contribution in [3.8, 4) is 0 Å². The Morgan fingerprint density at radius 2 is 2.00 bits per heavy atom. The number of hydrogen-bond donors (Lipinski definition) is 1. The molecule has 2 atom stereocenters. The zero-order chi connectivity index (χ0) is 15.0. The van der Waals surface area contributed by atoms with E-state index in [9.17, 15) is 10.1 Å². The van der Waals surface area contributed by atoms with Gasteiger partial charge in [0.2, 0.25) is 0 Å². The Morgan fingerprint density at radius 1 is 1.33 bits per heavy atom. The lowest BCUT2D eigenvalue weighted by atomic mass is 9.96. The molecule has 0 saturated carbocycles. The van der Waals surface area contributed by atoms with Crippen LogP contribution in [0.25, 0.3) is 0 Å². The van der Waals surface area contributed by atoms with Gasteiger partial charge in [-0.3, -0.25) is 10.1 Å². The predicted molar refractivity (Wildman–Crippen MR) is 83.8 cm³/mol. The van der Waals surface area contributed by atoms with Crippen molar-refractivity contribution in [2.45, 2.75) is 57.7 Å². The molecule has 1 aromatic rings. The van der Waals surface area contributed by atoms with Crippen LogP contribution in [-0.4, -0.2) is 29.6 Å². The molecule has 1 aromatic carbocycles. The van der Waals surface area contributed by atoms with Crippen molar-refractivity contribution in [2.24, 2.45) is 0 Å². The van der Waals surface area contributed by atoms with Crippen LogP contribution >= 0.6 is 0 Å². The largest absolute Gasteiger partial charge is 0.368 e. The number of nitro groups is 1. The van der Waals surface area contributed by atoms with Gasteiger partial charge in [-0.25, -0.2) is 0 Å². The minimum absolute atomic E-state index is 0.225. The van der Waals surface area contributed by atoms with Crippen molar-refractivity contribution in [2.75, 3.05) is 11.4 Å². The lowest BCUT2D eigenvalue weighted by molar-refractivity contribution is -0.385. The Hall–Kier alpha value is -1.62. The monoisotopic (exact) mass is 289 g/mol. The zero-order valence-electron chi connectivity index (χ0n) is 12.7. The summed E-state index contributed by atoms with van der Waals surface area (Å²) in [5, 5.41) is 14.8. The first-order chi connectivity index (χ1) is 10.1. The van der Waals surface area contributed by atoms with Gasteiger partial charge in [0.15, 0.2) is 0 Å². The minimum atomic E-state index is -0.279. The maximum Gasteiger partial charge on any atom is 0.274 e. The summed E-state index contributed by atoms with van der Waals surface area (Å²) in [6.07, 6.45) is 4.83. The van der Waals surface area contributed by atoms with E-state index in [1.54, 1.807) is 12.1 Å². The first kappa shape index (κ1) is 14.3. The Labute approximate surface area is 125 Å². The maximum atomic E-state index is 11.2. The van der Waals surface area contributed by atoms with Crippen LogP contribution in [0.2, 0.25) is 0 Å². The minimum Gasteiger partial charge on any atom is -0.368 e. The molecule has 0 aliphatic carbocycles. The summed E-state index contributed by atoms with van der Waals surface area (Å²) in [6, 6.07) is 7.17. The van der Waals surface area contributed by atoms with Crippen LogP contribution in [0.3, 0.4) is 0 Å². The van der Waals surface area contributed by atoms with E-state index in [0.29, 0.717) is 18.1 Å². The van der Waals surface area contributed by atoms with E-state index >= 15 is 0 Å². The van der Waals surface area contributed by atoms with Crippen LogP contribution < -0.4 is 10.2 Å². The normalized spacial score (nSPS) is 27.6. The molecule has 2 bridgehead atoms. The Bertz CT molecular complexity index is 534. The van der Waals surface area contributed by atoms with Crippen molar-refractivity contribution in [1.29, 1.82) is 0 Å². The average Bonchev–Trinajstić information content (AvgIpc) is 2.80. The van der Waals surface area contributed by atoms with E-state index in [-0.39, 0.29) is 10.6 Å². The lowest BCUT2D eigenvalue weighted by Crippen LogP contribution is -2.48. The van der Waals surface area contributed by atoms with Crippen molar-refractivity contribution in [3.63, 3.8) is 0 Å². The van der Waals surface area contributed by atoms with Crippen molar-refractivity contribution in [3.05, 3.63) is 33.9 Å². The number of nitro benzene ring substituents is 1. The molecule has 2 fully saturated rings. The number of anilines is 1. The van der Waals surface area contributed by atoms with Crippen LogP contribution in [0.1, 0.15) is 38.2 Å². The van der Waals surface area contributed by atoms with Gasteiger partial charge in [0.1, 0.15) is 0 Å². The van der Waals surface area contributed by atoms with Gasteiger partial charge in [0.05, 0.1) is 10.5 Å². The highest BCUT2D eigenvalue weighted by Crippen LogP contribution is 2.35. The second-order valence-corrected chi connectivity index (χ2v) is 6.23. The van der Waals surface area contributed by atoms with Crippen molar-refractivity contribution < 1.29 is 4.92 Å².